The summed E-state index contributed by atoms with van der Waals surface area (Å²) in [5.41, 5.74) is 0. The minimum absolute atomic E-state index is 0.0346. The molecular formula is C11H19NO. The third-order valence-electron chi connectivity index (χ3n) is 2.90. The van der Waals surface area contributed by atoms with Gasteiger partial charge in [0, 0.05) is 13.6 Å². The molecule has 1 amide bonds. The fraction of sp³-hybridized carbons (Fsp3) is 0.727. The molecule has 0 atom stereocenters. The summed E-state index contributed by atoms with van der Waals surface area (Å²) in [4.78, 5) is 12.8. The van der Waals surface area contributed by atoms with E-state index >= 15 is 0 Å². The van der Waals surface area contributed by atoms with Crippen LogP contribution < -0.4 is 0 Å². The molecule has 0 N–H and O–H groups in total. The summed E-state index contributed by atoms with van der Waals surface area (Å²) in [6.45, 7) is 6.63. The molecule has 0 bridgehead atoms. The SMILES string of the molecule is C=CC(=O)N(C)CCC1CC(C)C1. The highest BCUT2D eigenvalue weighted by molar-refractivity contribution is 5.86. The van der Waals surface area contributed by atoms with Crippen molar-refractivity contribution in [2.45, 2.75) is 26.2 Å². The first-order chi connectivity index (χ1) is 6.13. The van der Waals surface area contributed by atoms with E-state index in [1.165, 1.54) is 18.9 Å². The van der Waals surface area contributed by atoms with Gasteiger partial charge in [-0.15, -0.1) is 0 Å². The van der Waals surface area contributed by atoms with Crippen LogP contribution in [-0.2, 0) is 4.79 Å². The molecule has 0 unspecified atom stereocenters. The quantitative estimate of drug-likeness (QED) is 0.608. The summed E-state index contributed by atoms with van der Waals surface area (Å²) in [5, 5.41) is 0. The van der Waals surface area contributed by atoms with Crippen molar-refractivity contribution in [3.05, 3.63) is 12.7 Å². The van der Waals surface area contributed by atoms with Crippen molar-refractivity contribution in [3.8, 4) is 0 Å². The maximum atomic E-state index is 11.1. The zero-order valence-corrected chi connectivity index (χ0v) is 8.62. The first-order valence-corrected chi connectivity index (χ1v) is 5.01. The zero-order chi connectivity index (χ0) is 9.84. The number of nitrogens with zero attached hydrogens (tertiary/aromatic N) is 1. The first-order valence-electron chi connectivity index (χ1n) is 5.01. The number of hydrogen-bond acceptors (Lipinski definition) is 1. The van der Waals surface area contributed by atoms with E-state index in [1.807, 2.05) is 7.05 Å². The topological polar surface area (TPSA) is 20.3 Å². The molecule has 0 aliphatic heterocycles. The van der Waals surface area contributed by atoms with Crippen molar-refractivity contribution >= 4 is 5.91 Å². The van der Waals surface area contributed by atoms with Gasteiger partial charge in [0.1, 0.15) is 0 Å². The first kappa shape index (κ1) is 10.3. The van der Waals surface area contributed by atoms with Crippen LogP contribution in [0.2, 0.25) is 0 Å². The molecule has 1 aliphatic carbocycles. The maximum absolute atomic E-state index is 11.1. The molecule has 0 aromatic rings. The van der Waals surface area contributed by atoms with Crippen molar-refractivity contribution in [3.63, 3.8) is 0 Å². The smallest absolute Gasteiger partial charge is 0.245 e. The summed E-state index contributed by atoms with van der Waals surface area (Å²) in [6.07, 6.45) is 5.22. The Morgan fingerprint density at radius 1 is 1.62 bits per heavy atom. The summed E-state index contributed by atoms with van der Waals surface area (Å²) in [5.74, 6) is 1.80. The Kier molecular flexibility index (Phi) is 3.52. The Balaban J connectivity index is 2.12. The number of amides is 1. The molecule has 0 heterocycles. The van der Waals surface area contributed by atoms with Gasteiger partial charge in [-0.3, -0.25) is 4.79 Å². The van der Waals surface area contributed by atoms with Crippen LogP contribution in [0.3, 0.4) is 0 Å². The van der Waals surface area contributed by atoms with Crippen LogP contribution in [0.25, 0.3) is 0 Å². The van der Waals surface area contributed by atoms with Crippen molar-refractivity contribution in [1.29, 1.82) is 0 Å². The minimum atomic E-state index is 0.0346. The normalized spacial score (nSPS) is 26.3. The van der Waals surface area contributed by atoms with Crippen LogP contribution >= 0.6 is 0 Å². The molecule has 0 spiro atoms. The lowest BCUT2D eigenvalue weighted by molar-refractivity contribution is -0.125. The van der Waals surface area contributed by atoms with Crippen molar-refractivity contribution in [2.24, 2.45) is 11.8 Å². The van der Waals surface area contributed by atoms with Gasteiger partial charge in [0.2, 0.25) is 5.91 Å². The second-order valence-electron chi connectivity index (χ2n) is 4.20. The van der Waals surface area contributed by atoms with Crippen LogP contribution in [-0.4, -0.2) is 24.4 Å². The lowest BCUT2D eigenvalue weighted by atomic mass is 9.74. The monoisotopic (exact) mass is 181 g/mol. The molecule has 1 aliphatic rings. The van der Waals surface area contributed by atoms with E-state index in [-0.39, 0.29) is 5.91 Å². The van der Waals surface area contributed by atoms with Gasteiger partial charge in [-0.2, -0.15) is 0 Å². The minimum Gasteiger partial charge on any atom is -0.342 e. The second-order valence-corrected chi connectivity index (χ2v) is 4.20. The summed E-state index contributed by atoms with van der Waals surface area (Å²) in [6, 6.07) is 0. The second kappa shape index (κ2) is 4.45. The predicted molar refractivity (Wildman–Crippen MR) is 54.3 cm³/mol. The van der Waals surface area contributed by atoms with Crippen LogP contribution in [0.5, 0.6) is 0 Å². The van der Waals surface area contributed by atoms with Crippen molar-refractivity contribution in [1.82, 2.24) is 4.90 Å². The van der Waals surface area contributed by atoms with E-state index in [9.17, 15) is 4.79 Å². The van der Waals surface area contributed by atoms with E-state index in [2.05, 4.69) is 13.5 Å². The Labute approximate surface area is 80.6 Å². The Morgan fingerprint density at radius 2 is 2.23 bits per heavy atom. The fourth-order valence-electron chi connectivity index (χ4n) is 1.95. The molecule has 0 radical (unpaired) electrons. The molecule has 1 fully saturated rings. The number of carbonyl (C=O) groups excluding carboxylic acids is 1. The highest BCUT2D eigenvalue weighted by Gasteiger charge is 2.25. The highest BCUT2D eigenvalue weighted by atomic mass is 16.2. The van der Waals surface area contributed by atoms with Gasteiger partial charge in [0.25, 0.3) is 0 Å². The number of rotatable bonds is 4. The third kappa shape index (κ3) is 2.87. The Bertz CT molecular complexity index is 194. The van der Waals surface area contributed by atoms with Gasteiger partial charge in [-0.25, -0.2) is 0 Å². The molecule has 0 aromatic heterocycles. The van der Waals surface area contributed by atoms with Gasteiger partial charge in [-0.1, -0.05) is 13.5 Å². The predicted octanol–water partition coefficient (Wildman–Crippen LogP) is 2.07. The number of carbonyl (C=O) groups is 1. The molecular weight excluding hydrogens is 162 g/mol. The number of likely N-dealkylation sites (N-methyl/N-ethyl adjacent to an activating group) is 1. The average Bonchev–Trinajstić information content (AvgIpc) is 2.08. The Hall–Kier alpha value is -0.790. The van der Waals surface area contributed by atoms with Crippen LogP contribution in [0, 0.1) is 11.8 Å². The Morgan fingerprint density at radius 3 is 2.69 bits per heavy atom. The summed E-state index contributed by atoms with van der Waals surface area (Å²) in [7, 11) is 1.84. The maximum Gasteiger partial charge on any atom is 0.245 e. The van der Waals surface area contributed by atoms with Gasteiger partial charge < -0.3 is 4.90 Å². The third-order valence-corrected chi connectivity index (χ3v) is 2.90. The van der Waals surface area contributed by atoms with Crippen LogP contribution in [0.15, 0.2) is 12.7 Å². The summed E-state index contributed by atoms with van der Waals surface area (Å²) < 4.78 is 0. The van der Waals surface area contributed by atoms with Crippen molar-refractivity contribution in [2.75, 3.05) is 13.6 Å². The molecule has 13 heavy (non-hydrogen) atoms. The van der Waals surface area contributed by atoms with Crippen molar-refractivity contribution < 1.29 is 4.79 Å². The van der Waals surface area contributed by atoms with Gasteiger partial charge in [0.05, 0.1) is 0 Å². The van der Waals surface area contributed by atoms with Crippen LogP contribution in [0.1, 0.15) is 26.2 Å². The van der Waals surface area contributed by atoms with E-state index in [1.54, 1.807) is 4.90 Å². The largest absolute Gasteiger partial charge is 0.342 e. The molecule has 1 rings (SSSR count). The van der Waals surface area contributed by atoms with E-state index < -0.39 is 0 Å². The molecule has 2 heteroatoms. The lowest BCUT2D eigenvalue weighted by Crippen LogP contribution is -2.30. The van der Waals surface area contributed by atoms with E-state index in [0.29, 0.717) is 0 Å². The molecule has 2 nitrogen and oxygen atoms in total. The standard InChI is InChI=1S/C11H19NO/c1-4-11(13)12(3)6-5-10-7-9(2)8-10/h4,9-10H,1,5-8H2,2-3H3. The molecule has 1 saturated carbocycles. The van der Waals surface area contributed by atoms with E-state index in [0.717, 1.165) is 24.8 Å². The fourth-order valence-corrected chi connectivity index (χ4v) is 1.95. The van der Waals surface area contributed by atoms with Gasteiger partial charge in [-0.05, 0) is 37.2 Å². The lowest BCUT2D eigenvalue weighted by Gasteiger charge is -2.33. The molecule has 0 saturated heterocycles. The van der Waals surface area contributed by atoms with Gasteiger partial charge >= 0.3 is 0 Å². The number of hydrogen-bond donors (Lipinski definition) is 0. The summed E-state index contributed by atoms with van der Waals surface area (Å²) >= 11 is 0. The van der Waals surface area contributed by atoms with Crippen LogP contribution in [0.4, 0.5) is 0 Å². The molecule has 74 valence electrons. The average molecular weight is 181 g/mol. The molecule has 0 aromatic carbocycles. The highest BCUT2D eigenvalue weighted by Crippen LogP contribution is 2.35. The zero-order valence-electron chi connectivity index (χ0n) is 8.62. The van der Waals surface area contributed by atoms with E-state index in [4.69, 9.17) is 0 Å². The van der Waals surface area contributed by atoms with Gasteiger partial charge in [0.15, 0.2) is 0 Å².